The lowest BCUT2D eigenvalue weighted by Gasteiger charge is -2.32. The van der Waals surface area contributed by atoms with Crippen molar-refractivity contribution < 1.29 is 17.8 Å². The molecule has 0 N–H and O–H groups in total. The zero-order valence-corrected chi connectivity index (χ0v) is 32.7. The molecule has 0 unspecified atom stereocenters. The van der Waals surface area contributed by atoms with Gasteiger partial charge in [-0.3, -0.25) is 9.59 Å². The Morgan fingerprint density at radius 3 is 1.26 bits per heavy atom. The van der Waals surface area contributed by atoms with Gasteiger partial charge < -0.3 is 18.0 Å². The fourth-order valence-electron chi connectivity index (χ4n) is 6.25. The van der Waals surface area contributed by atoms with Crippen molar-refractivity contribution in [3.05, 3.63) is 55.9 Å². The highest BCUT2D eigenvalue weighted by molar-refractivity contribution is 7.11. The average molecular weight is 677 g/mol. The lowest BCUT2D eigenvalue weighted by atomic mass is 10.1. The van der Waals surface area contributed by atoms with E-state index in [1.807, 2.05) is 44.8 Å². The van der Waals surface area contributed by atoms with E-state index in [9.17, 15) is 9.59 Å². The van der Waals surface area contributed by atoms with E-state index in [2.05, 4.69) is 65.5 Å². The van der Waals surface area contributed by atoms with Gasteiger partial charge in [0.25, 0.3) is 11.8 Å². The molecule has 0 fully saturated rings. The van der Waals surface area contributed by atoms with Gasteiger partial charge in [0.15, 0.2) is 33.3 Å². The van der Waals surface area contributed by atoms with E-state index in [0.29, 0.717) is 24.2 Å². The van der Waals surface area contributed by atoms with Crippen LogP contribution in [0.5, 0.6) is 0 Å². The van der Waals surface area contributed by atoms with Crippen LogP contribution in [-0.4, -0.2) is 68.0 Å². The zero-order chi connectivity index (χ0) is 31.1. The molecule has 6 nitrogen and oxygen atoms in total. The van der Waals surface area contributed by atoms with E-state index in [1.54, 1.807) is 22.7 Å². The number of hydrogen-bond donors (Lipinski definition) is 0. The molecule has 2 aliphatic rings. The van der Waals surface area contributed by atoms with E-state index in [4.69, 9.17) is 8.23 Å². The van der Waals surface area contributed by atoms with Crippen molar-refractivity contribution in [3.8, 4) is 0 Å². The molecule has 2 amide bonds. The van der Waals surface area contributed by atoms with Crippen molar-refractivity contribution in [1.82, 2.24) is 9.80 Å². The Bertz CT molecular complexity index is 1250. The van der Waals surface area contributed by atoms with Crippen LogP contribution in [0.3, 0.4) is 0 Å². The van der Waals surface area contributed by atoms with Crippen LogP contribution >= 0.6 is 22.7 Å². The Morgan fingerprint density at radius 2 is 0.976 bits per heavy atom. The van der Waals surface area contributed by atoms with Gasteiger partial charge in [-0.1, -0.05) is 12.1 Å². The van der Waals surface area contributed by atoms with Crippen LogP contribution in [-0.2, 0) is 17.8 Å². The second-order valence-corrected chi connectivity index (χ2v) is 34.5. The van der Waals surface area contributed by atoms with Gasteiger partial charge in [0.05, 0.1) is 32.3 Å². The number of rotatable bonds is 14. The van der Waals surface area contributed by atoms with Gasteiger partial charge in [-0.2, -0.15) is 0 Å². The van der Waals surface area contributed by atoms with Crippen LogP contribution in [0.4, 0.5) is 0 Å². The van der Waals surface area contributed by atoms with Crippen molar-refractivity contribution in [3.63, 3.8) is 0 Å². The van der Waals surface area contributed by atoms with Crippen LogP contribution in [0.25, 0.3) is 11.4 Å². The van der Waals surface area contributed by atoms with E-state index < -0.39 is 33.3 Å². The quantitative estimate of drug-likeness (QED) is 0.188. The van der Waals surface area contributed by atoms with E-state index in [0.717, 1.165) is 46.1 Å². The number of carbonyl (C=O) groups excluding carboxylic acids is 2. The summed E-state index contributed by atoms with van der Waals surface area (Å²) in [5, 5.41) is 4.04. The fraction of sp³-hybridized carbons (Fsp3) is 0.533. The minimum Gasteiger partial charge on any atom is -0.456 e. The molecule has 0 radical (unpaired) electrons. The van der Waals surface area contributed by atoms with Crippen LogP contribution in [0.15, 0.2) is 46.2 Å². The molecule has 42 heavy (non-hydrogen) atoms. The van der Waals surface area contributed by atoms with E-state index >= 15 is 0 Å². The van der Waals surface area contributed by atoms with Gasteiger partial charge in [-0.15, -0.1) is 22.7 Å². The summed E-state index contributed by atoms with van der Waals surface area (Å²) in [5.41, 5.74) is 2.73. The number of thiophene rings is 2. The highest BCUT2D eigenvalue weighted by atomic mass is 32.1. The summed E-state index contributed by atoms with van der Waals surface area (Å²) in [4.78, 5) is 34.3. The maximum Gasteiger partial charge on any atom is 0.261 e. The van der Waals surface area contributed by atoms with Crippen LogP contribution in [0, 0.1) is 0 Å². The number of amides is 2. The Balaban J connectivity index is 1.65. The van der Waals surface area contributed by atoms with Gasteiger partial charge in [0, 0.05) is 13.1 Å². The minimum absolute atomic E-state index is 0.0463. The summed E-state index contributed by atoms with van der Waals surface area (Å²) in [7, 11) is -7.00. The maximum absolute atomic E-state index is 14.3. The van der Waals surface area contributed by atoms with Gasteiger partial charge >= 0.3 is 0 Å². The Hall–Kier alpha value is -1.39. The number of hydrogen-bond acceptors (Lipinski definition) is 6. The van der Waals surface area contributed by atoms with Crippen LogP contribution < -0.4 is 0 Å². The molecule has 12 heteroatoms. The smallest absolute Gasteiger partial charge is 0.261 e. The molecule has 4 rings (SSSR count). The molecule has 0 aromatic carbocycles. The first-order valence-corrected chi connectivity index (χ1v) is 29.8. The summed E-state index contributed by atoms with van der Waals surface area (Å²) in [6, 6.07) is 10.0. The molecule has 4 heterocycles. The molecule has 230 valence electrons. The number of fused-ring (bicyclic) bond motifs is 1. The summed E-state index contributed by atoms with van der Waals surface area (Å²) in [6.45, 7) is 23.7. The third-order valence-electron chi connectivity index (χ3n) is 7.18. The Labute approximate surface area is 264 Å². The third-order valence-corrected chi connectivity index (χ3v) is 21.4. The molecule has 2 aromatic rings. The third kappa shape index (κ3) is 8.00. The molecule has 2 aliphatic heterocycles. The second-order valence-electron chi connectivity index (χ2n) is 14.5. The highest BCUT2D eigenvalue weighted by Crippen LogP contribution is 2.48. The maximum atomic E-state index is 14.3. The normalized spacial score (nSPS) is 16.9. The Morgan fingerprint density at radius 1 is 0.619 bits per heavy atom. The molecule has 0 spiro atoms. The molecule has 0 saturated heterocycles. The molecule has 0 saturated carbocycles. The lowest BCUT2D eigenvalue weighted by molar-refractivity contribution is -0.124. The number of nitrogens with zero attached hydrogens (tertiary/aromatic N) is 2. The Kier molecular flexibility index (Phi) is 10.0. The lowest BCUT2D eigenvalue weighted by Crippen LogP contribution is -2.42. The summed E-state index contributed by atoms with van der Waals surface area (Å²) in [6.07, 6.45) is 1.71. The summed E-state index contributed by atoms with van der Waals surface area (Å²) < 4.78 is 13.1. The van der Waals surface area contributed by atoms with E-state index in [-0.39, 0.29) is 11.8 Å². The zero-order valence-electron chi connectivity index (χ0n) is 27.1. The molecular weight excluding hydrogens is 629 g/mol. The van der Waals surface area contributed by atoms with E-state index in [1.165, 1.54) is 0 Å². The number of carbonyl (C=O) groups is 2. The monoisotopic (exact) mass is 676 g/mol. The first kappa shape index (κ1) is 33.5. The minimum atomic E-state index is -1.86. The van der Waals surface area contributed by atoms with Crippen molar-refractivity contribution in [2.75, 3.05) is 13.1 Å². The SMILES string of the molecule is C[Si](C)(C)O[Si](C)(C)CCCN1C(=O)C2=C(c3cccs3)N(CCC[Si](C)(C)O[Si](C)(C)C)C(=O)C2=C1c1cccs1. The largest absolute Gasteiger partial charge is 0.456 e. The molecular formula is C30H48N2O4S2Si4. The summed E-state index contributed by atoms with van der Waals surface area (Å²) >= 11 is 3.18. The van der Waals surface area contributed by atoms with Gasteiger partial charge in [0.1, 0.15) is 0 Å². The molecule has 0 aliphatic carbocycles. The highest BCUT2D eigenvalue weighted by Gasteiger charge is 2.49. The summed E-state index contributed by atoms with van der Waals surface area (Å²) in [5.74, 6) is -0.0926. The first-order chi connectivity index (χ1) is 19.4. The van der Waals surface area contributed by atoms with Crippen molar-refractivity contribution in [1.29, 1.82) is 0 Å². The predicted octanol–water partition coefficient (Wildman–Crippen LogP) is 8.51. The van der Waals surface area contributed by atoms with Gasteiger partial charge in [-0.25, -0.2) is 0 Å². The van der Waals surface area contributed by atoms with Crippen molar-refractivity contribution in [2.45, 2.75) is 90.4 Å². The average Bonchev–Trinajstić information content (AvgIpc) is 3.59. The van der Waals surface area contributed by atoms with Crippen LogP contribution in [0.1, 0.15) is 22.6 Å². The van der Waals surface area contributed by atoms with Crippen molar-refractivity contribution in [2.24, 2.45) is 0 Å². The topological polar surface area (TPSA) is 59.1 Å². The molecule has 0 bridgehead atoms. The van der Waals surface area contributed by atoms with Crippen molar-refractivity contribution >= 4 is 79.2 Å². The second kappa shape index (κ2) is 12.5. The molecule has 2 aromatic heterocycles. The van der Waals surface area contributed by atoms with Gasteiger partial charge in [0.2, 0.25) is 0 Å². The predicted molar refractivity (Wildman–Crippen MR) is 189 cm³/mol. The van der Waals surface area contributed by atoms with Crippen LogP contribution in [0.2, 0.25) is 77.6 Å². The standard InChI is InChI=1S/C30H48N2O4S2Si4/c1-39(2,3)35-41(7,8)21-13-17-31-27(23-15-11-19-37-23)25-26(29(31)33)28(24-16-12-20-38-24)32(30(25)34)18-14-22-42(9,10)36-40(4,5)6/h11-12,15-16,19-20H,13-14,17-18,21-22H2,1-10H3. The fourth-order valence-corrected chi connectivity index (χ4v) is 23.9. The first-order valence-electron chi connectivity index (χ1n) is 15.0. The van der Waals surface area contributed by atoms with Gasteiger partial charge in [-0.05, 0) is 113 Å². The molecule has 0 atom stereocenters.